The maximum absolute atomic E-state index is 13.4. The van der Waals surface area contributed by atoms with Crippen molar-refractivity contribution in [2.75, 3.05) is 60.7 Å². The van der Waals surface area contributed by atoms with E-state index in [-0.39, 0.29) is 35.8 Å². The van der Waals surface area contributed by atoms with Crippen molar-refractivity contribution < 1.29 is 18.6 Å². The first-order chi connectivity index (χ1) is 15.6. The fraction of sp³-hybridized carbons (Fsp3) is 0.458. The summed E-state index contributed by atoms with van der Waals surface area (Å²) in [6.07, 6.45) is 0.756. The lowest BCUT2D eigenvalue weighted by Crippen LogP contribution is -2.46. The highest BCUT2D eigenvalue weighted by molar-refractivity contribution is 14.0. The van der Waals surface area contributed by atoms with Crippen molar-refractivity contribution in [1.29, 1.82) is 0 Å². The molecule has 1 fully saturated rings. The van der Waals surface area contributed by atoms with E-state index in [1.165, 1.54) is 12.1 Å². The Kier molecular flexibility index (Phi) is 11.7. The third-order valence-corrected chi connectivity index (χ3v) is 5.60. The maximum Gasteiger partial charge on any atom is 0.191 e. The van der Waals surface area contributed by atoms with Crippen molar-refractivity contribution >= 4 is 29.9 Å². The van der Waals surface area contributed by atoms with Crippen LogP contribution in [0.25, 0.3) is 0 Å². The smallest absolute Gasteiger partial charge is 0.191 e. The Morgan fingerprint density at radius 2 is 1.82 bits per heavy atom. The Labute approximate surface area is 212 Å². The summed E-state index contributed by atoms with van der Waals surface area (Å²) in [5.74, 6) is 2.12. The van der Waals surface area contributed by atoms with E-state index < -0.39 is 0 Å². The molecular formula is C24H34FIN4O3. The SMILES string of the molecule is CN=C(NCCc1cc(OC)ccc1OC)NCC(c1ccc(F)cc1)N1CCOCC1.I. The summed E-state index contributed by atoms with van der Waals surface area (Å²) in [4.78, 5) is 6.71. The monoisotopic (exact) mass is 572 g/mol. The zero-order chi connectivity index (χ0) is 22.8. The minimum Gasteiger partial charge on any atom is -0.497 e. The lowest BCUT2D eigenvalue weighted by Gasteiger charge is -2.35. The minimum atomic E-state index is -0.229. The largest absolute Gasteiger partial charge is 0.497 e. The second-order valence-electron chi connectivity index (χ2n) is 7.52. The van der Waals surface area contributed by atoms with Gasteiger partial charge in [0.05, 0.1) is 33.5 Å². The van der Waals surface area contributed by atoms with Crippen LogP contribution in [0.15, 0.2) is 47.5 Å². The van der Waals surface area contributed by atoms with Crippen molar-refractivity contribution in [3.63, 3.8) is 0 Å². The summed E-state index contributed by atoms with van der Waals surface area (Å²) in [5, 5.41) is 6.79. The van der Waals surface area contributed by atoms with Crippen LogP contribution in [0.2, 0.25) is 0 Å². The molecule has 1 aliphatic rings. The molecule has 1 aliphatic heterocycles. The number of nitrogens with zero attached hydrogens (tertiary/aromatic N) is 2. The summed E-state index contributed by atoms with van der Waals surface area (Å²) in [5.41, 5.74) is 2.13. The van der Waals surface area contributed by atoms with Crippen LogP contribution in [0.3, 0.4) is 0 Å². The van der Waals surface area contributed by atoms with Crippen LogP contribution >= 0.6 is 24.0 Å². The van der Waals surface area contributed by atoms with E-state index in [9.17, 15) is 4.39 Å². The Morgan fingerprint density at radius 3 is 2.45 bits per heavy atom. The van der Waals surface area contributed by atoms with Gasteiger partial charge >= 0.3 is 0 Å². The van der Waals surface area contributed by atoms with Crippen LogP contribution in [0.4, 0.5) is 4.39 Å². The number of nitrogens with one attached hydrogen (secondary N) is 2. The van der Waals surface area contributed by atoms with Gasteiger partial charge in [-0.3, -0.25) is 9.89 Å². The van der Waals surface area contributed by atoms with Crippen LogP contribution in [0.5, 0.6) is 11.5 Å². The van der Waals surface area contributed by atoms with Gasteiger partial charge in [0, 0.05) is 33.2 Å². The van der Waals surface area contributed by atoms with Crippen molar-refractivity contribution in [2.45, 2.75) is 12.5 Å². The number of aliphatic imine (C=N–C) groups is 1. The average molecular weight is 572 g/mol. The molecular weight excluding hydrogens is 538 g/mol. The van der Waals surface area contributed by atoms with E-state index in [0.29, 0.717) is 32.3 Å². The summed E-state index contributed by atoms with van der Waals surface area (Å²) >= 11 is 0. The number of halogens is 2. The standard InChI is InChI=1S/C24H33FN4O3.HI/c1-26-24(27-11-10-19-16-21(30-2)8-9-23(19)31-3)28-17-22(29-12-14-32-15-13-29)18-4-6-20(25)7-5-18;/h4-9,16,22H,10-15,17H2,1-3H3,(H2,26,27,28);1H. The van der Waals surface area contributed by atoms with Gasteiger partial charge in [-0.05, 0) is 47.9 Å². The molecule has 2 N–H and O–H groups in total. The normalized spacial score (nSPS) is 15.3. The highest BCUT2D eigenvalue weighted by Crippen LogP contribution is 2.24. The number of guanidine groups is 1. The number of hydrogen-bond donors (Lipinski definition) is 2. The predicted molar refractivity (Wildman–Crippen MR) is 140 cm³/mol. The van der Waals surface area contributed by atoms with Gasteiger partial charge < -0.3 is 24.8 Å². The van der Waals surface area contributed by atoms with Crippen molar-refractivity contribution in [3.8, 4) is 11.5 Å². The van der Waals surface area contributed by atoms with Crippen LogP contribution < -0.4 is 20.1 Å². The third kappa shape index (κ3) is 8.01. The number of methoxy groups -OCH3 is 2. The minimum absolute atomic E-state index is 0. The van der Waals surface area contributed by atoms with Gasteiger partial charge in [0.15, 0.2) is 5.96 Å². The number of benzene rings is 2. The molecule has 0 spiro atoms. The molecule has 0 bridgehead atoms. The first-order valence-corrected chi connectivity index (χ1v) is 10.9. The van der Waals surface area contributed by atoms with Crippen molar-refractivity contribution in [1.82, 2.24) is 15.5 Å². The molecule has 0 radical (unpaired) electrons. The van der Waals surface area contributed by atoms with Crippen LogP contribution in [0.1, 0.15) is 17.2 Å². The lowest BCUT2D eigenvalue weighted by atomic mass is 10.0. The zero-order valence-corrected chi connectivity index (χ0v) is 21.8. The summed E-state index contributed by atoms with van der Waals surface area (Å²) in [6, 6.07) is 12.6. The van der Waals surface area contributed by atoms with Gasteiger partial charge in [0.2, 0.25) is 0 Å². The van der Waals surface area contributed by atoms with Gasteiger partial charge in [-0.25, -0.2) is 4.39 Å². The molecule has 1 unspecified atom stereocenters. The molecule has 0 saturated carbocycles. The van der Waals surface area contributed by atoms with Crippen LogP contribution in [-0.4, -0.2) is 71.5 Å². The molecule has 0 aromatic heterocycles. The topological polar surface area (TPSA) is 67.4 Å². The third-order valence-electron chi connectivity index (χ3n) is 5.60. The number of hydrogen-bond acceptors (Lipinski definition) is 5. The van der Waals surface area contributed by atoms with E-state index in [1.54, 1.807) is 21.3 Å². The molecule has 0 amide bonds. The molecule has 2 aromatic rings. The molecule has 1 atom stereocenters. The van der Waals surface area contributed by atoms with Gasteiger partial charge in [0.25, 0.3) is 0 Å². The van der Waals surface area contributed by atoms with E-state index >= 15 is 0 Å². The maximum atomic E-state index is 13.4. The molecule has 7 nitrogen and oxygen atoms in total. The zero-order valence-electron chi connectivity index (χ0n) is 19.5. The van der Waals surface area contributed by atoms with Gasteiger partial charge in [-0.1, -0.05) is 12.1 Å². The molecule has 1 saturated heterocycles. The number of ether oxygens (including phenoxy) is 3. The van der Waals surface area contributed by atoms with Gasteiger partial charge in [0.1, 0.15) is 17.3 Å². The summed E-state index contributed by atoms with van der Waals surface area (Å²) in [7, 11) is 5.07. The predicted octanol–water partition coefficient (Wildman–Crippen LogP) is 3.24. The van der Waals surface area contributed by atoms with E-state index in [1.807, 2.05) is 30.3 Å². The quantitative estimate of drug-likeness (QED) is 0.274. The number of rotatable bonds is 9. The first-order valence-electron chi connectivity index (χ1n) is 10.9. The van der Waals surface area contributed by atoms with Crippen LogP contribution in [-0.2, 0) is 11.2 Å². The van der Waals surface area contributed by atoms with Crippen LogP contribution in [0, 0.1) is 5.82 Å². The average Bonchev–Trinajstić information content (AvgIpc) is 2.84. The lowest BCUT2D eigenvalue weighted by molar-refractivity contribution is 0.0170. The second-order valence-corrected chi connectivity index (χ2v) is 7.52. The van der Waals surface area contributed by atoms with E-state index in [2.05, 4.69) is 20.5 Å². The number of morpholine rings is 1. The summed E-state index contributed by atoms with van der Waals surface area (Å²) in [6.45, 7) is 4.41. The molecule has 9 heteroatoms. The molecule has 2 aromatic carbocycles. The van der Waals surface area contributed by atoms with Crippen molar-refractivity contribution in [2.24, 2.45) is 4.99 Å². The molecule has 182 valence electrons. The fourth-order valence-electron chi connectivity index (χ4n) is 3.84. The van der Waals surface area contributed by atoms with Crippen molar-refractivity contribution in [3.05, 3.63) is 59.4 Å². The van der Waals surface area contributed by atoms with E-state index in [0.717, 1.165) is 42.1 Å². The fourth-order valence-corrected chi connectivity index (χ4v) is 3.84. The second kappa shape index (κ2) is 14.2. The Hall–Kier alpha value is -2.11. The Bertz CT molecular complexity index is 877. The molecule has 3 rings (SSSR count). The first kappa shape index (κ1) is 27.1. The highest BCUT2D eigenvalue weighted by Gasteiger charge is 2.23. The van der Waals surface area contributed by atoms with E-state index in [4.69, 9.17) is 14.2 Å². The summed E-state index contributed by atoms with van der Waals surface area (Å²) < 4.78 is 29.7. The molecule has 0 aliphatic carbocycles. The highest BCUT2D eigenvalue weighted by atomic mass is 127. The Balaban J connectivity index is 0.00000385. The molecule has 33 heavy (non-hydrogen) atoms. The Morgan fingerprint density at radius 1 is 1.09 bits per heavy atom. The van der Waals surface area contributed by atoms with Gasteiger partial charge in [-0.15, -0.1) is 24.0 Å². The molecule has 1 heterocycles. The van der Waals surface area contributed by atoms with Gasteiger partial charge in [-0.2, -0.15) is 0 Å².